The van der Waals surface area contributed by atoms with E-state index in [0.717, 1.165) is 24.8 Å². The second-order valence-corrected chi connectivity index (χ2v) is 3.76. The molecule has 0 fully saturated rings. The van der Waals surface area contributed by atoms with Gasteiger partial charge in [0.1, 0.15) is 5.94 Å². The van der Waals surface area contributed by atoms with Crippen LogP contribution >= 0.6 is 0 Å². The summed E-state index contributed by atoms with van der Waals surface area (Å²) in [6, 6.07) is 0. The van der Waals surface area contributed by atoms with Crippen LogP contribution in [0.25, 0.3) is 0 Å². The minimum Gasteiger partial charge on any atom is -0.481 e. The summed E-state index contributed by atoms with van der Waals surface area (Å²) in [6.07, 6.45) is 6.59. The van der Waals surface area contributed by atoms with E-state index < -0.39 is 5.97 Å². The maximum absolute atomic E-state index is 10.5. The lowest BCUT2D eigenvalue weighted by molar-refractivity contribution is -0.137. The first-order valence-corrected chi connectivity index (χ1v) is 5.65. The highest BCUT2D eigenvalue weighted by Crippen LogP contribution is 2.13. The summed E-state index contributed by atoms with van der Waals surface area (Å²) in [5, 5.41) is 8.44. The molecule has 0 aromatic rings. The third-order valence-corrected chi connectivity index (χ3v) is 2.35. The highest BCUT2D eigenvalue weighted by molar-refractivity contribution is 5.66. The second kappa shape index (κ2) is 9.47. The fourth-order valence-corrected chi connectivity index (χ4v) is 1.45. The van der Waals surface area contributed by atoms with Gasteiger partial charge < -0.3 is 5.11 Å². The summed E-state index contributed by atoms with van der Waals surface area (Å²) in [5.41, 5.74) is 0.743. The Balaban J connectivity index is 3.57. The number of carbonyl (C=O) groups excluding carboxylic acids is 1. The van der Waals surface area contributed by atoms with Gasteiger partial charge in [0.05, 0.1) is 0 Å². The average molecular weight is 212 g/mol. The average Bonchev–Trinajstić information content (AvgIpc) is 2.21. The van der Waals surface area contributed by atoms with Gasteiger partial charge in [0.15, 0.2) is 0 Å². The molecule has 0 saturated heterocycles. The fourth-order valence-electron chi connectivity index (χ4n) is 1.45. The van der Waals surface area contributed by atoms with E-state index in [0.29, 0.717) is 12.8 Å². The van der Waals surface area contributed by atoms with Crippen molar-refractivity contribution in [3.05, 3.63) is 5.57 Å². The summed E-state index contributed by atoms with van der Waals surface area (Å²) in [7, 11) is 0. The molecular weight excluding hydrogens is 192 g/mol. The molecule has 0 rings (SSSR count). The topological polar surface area (TPSA) is 54.4 Å². The number of rotatable bonds is 9. The fraction of sp³-hybridized carbons (Fsp3) is 0.750. The maximum Gasteiger partial charge on any atom is 0.303 e. The molecule has 0 aliphatic rings. The highest BCUT2D eigenvalue weighted by atomic mass is 16.4. The van der Waals surface area contributed by atoms with Crippen LogP contribution in [0.1, 0.15) is 58.3 Å². The minimum absolute atomic E-state index is 0.139. The number of carbonyl (C=O) groups is 1. The molecule has 1 N–H and O–H groups in total. The van der Waals surface area contributed by atoms with Crippen LogP contribution in [0.5, 0.6) is 0 Å². The number of carboxylic acid groups (broad SMARTS) is 1. The van der Waals surface area contributed by atoms with Crippen molar-refractivity contribution in [3.8, 4) is 0 Å². The molecular formula is C12H20O3. The summed E-state index contributed by atoms with van der Waals surface area (Å²) in [6.45, 7) is 2.14. The number of allylic oxidation sites excluding steroid dienone is 1. The van der Waals surface area contributed by atoms with Crippen LogP contribution in [0.2, 0.25) is 0 Å². The Hall–Kier alpha value is -1.08. The van der Waals surface area contributed by atoms with Gasteiger partial charge in [-0.3, -0.25) is 4.79 Å². The Kier molecular flexibility index (Phi) is 8.79. The van der Waals surface area contributed by atoms with Gasteiger partial charge in [-0.1, -0.05) is 26.2 Å². The molecule has 3 heteroatoms. The van der Waals surface area contributed by atoms with Crippen molar-refractivity contribution in [2.75, 3.05) is 0 Å². The van der Waals surface area contributed by atoms with E-state index in [9.17, 15) is 9.59 Å². The van der Waals surface area contributed by atoms with Crippen molar-refractivity contribution in [3.63, 3.8) is 0 Å². The van der Waals surface area contributed by atoms with Crippen molar-refractivity contribution >= 4 is 11.9 Å². The predicted molar refractivity (Wildman–Crippen MR) is 59.5 cm³/mol. The molecule has 0 amide bonds. The van der Waals surface area contributed by atoms with Crippen LogP contribution < -0.4 is 0 Å². The van der Waals surface area contributed by atoms with Crippen molar-refractivity contribution in [1.29, 1.82) is 0 Å². The van der Waals surface area contributed by atoms with E-state index >= 15 is 0 Å². The zero-order chi connectivity index (χ0) is 11.5. The molecule has 86 valence electrons. The van der Waals surface area contributed by atoms with Crippen molar-refractivity contribution in [2.45, 2.75) is 58.3 Å². The van der Waals surface area contributed by atoms with E-state index in [1.165, 1.54) is 12.8 Å². The number of hydrogen-bond donors (Lipinski definition) is 1. The van der Waals surface area contributed by atoms with E-state index in [1.807, 2.05) is 5.94 Å². The zero-order valence-corrected chi connectivity index (χ0v) is 9.42. The Morgan fingerprint density at radius 2 is 1.73 bits per heavy atom. The minimum atomic E-state index is -0.800. The number of aliphatic carboxylic acids is 1. The molecule has 0 unspecified atom stereocenters. The van der Waals surface area contributed by atoms with Crippen LogP contribution in [0.3, 0.4) is 0 Å². The van der Waals surface area contributed by atoms with Crippen molar-refractivity contribution in [1.82, 2.24) is 0 Å². The first-order chi connectivity index (χ1) is 7.20. The summed E-state index contributed by atoms with van der Waals surface area (Å²) < 4.78 is 0. The van der Waals surface area contributed by atoms with Gasteiger partial charge in [-0.25, -0.2) is 4.79 Å². The molecule has 0 aromatic carbocycles. The summed E-state index contributed by atoms with van der Waals surface area (Å²) in [5.74, 6) is 1.13. The van der Waals surface area contributed by atoms with Crippen molar-refractivity contribution < 1.29 is 14.7 Å². The van der Waals surface area contributed by atoms with Gasteiger partial charge in [0, 0.05) is 12.0 Å². The van der Waals surface area contributed by atoms with E-state index in [4.69, 9.17) is 5.11 Å². The van der Waals surface area contributed by atoms with Crippen LogP contribution in [0.15, 0.2) is 5.57 Å². The third kappa shape index (κ3) is 9.23. The number of carboxylic acids is 1. The van der Waals surface area contributed by atoms with Crippen LogP contribution in [-0.4, -0.2) is 17.0 Å². The Labute approximate surface area is 91.2 Å². The van der Waals surface area contributed by atoms with Gasteiger partial charge in [-0.05, 0) is 25.7 Å². The molecule has 3 nitrogen and oxygen atoms in total. The molecule has 0 heterocycles. The zero-order valence-electron chi connectivity index (χ0n) is 9.42. The molecule has 0 spiro atoms. The van der Waals surface area contributed by atoms with E-state index in [1.54, 1.807) is 0 Å². The molecule has 15 heavy (non-hydrogen) atoms. The molecule has 0 aliphatic heterocycles. The Morgan fingerprint density at radius 1 is 1.07 bits per heavy atom. The largest absolute Gasteiger partial charge is 0.481 e. The summed E-state index contributed by atoms with van der Waals surface area (Å²) >= 11 is 0. The summed E-state index contributed by atoms with van der Waals surface area (Å²) in [4.78, 5) is 20.8. The van der Waals surface area contributed by atoms with E-state index in [-0.39, 0.29) is 6.42 Å². The number of unbranched alkanes of at least 4 members (excludes halogenated alkanes) is 3. The van der Waals surface area contributed by atoms with Gasteiger partial charge in [0.25, 0.3) is 0 Å². The first-order valence-electron chi connectivity index (χ1n) is 5.65. The van der Waals surface area contributed by atoms with Crippen molar-refractivity contribution in [2.24, 2.45) is 0 Å². The first kappa shape index (κ1) is 13.9. The Bertz CT molecular complexity index is 227. The standard InChI is InChI=1S/C12H20O3/c1-2-3-4-5-7-11(10-13)8-6-9-12(14)15/h2-9H2,1H3,(H,14,15). The Morgan fingerprint density at radius 3 is 2.27 bits per heavy atom. The van der Waals surface area contributed by atoms with Gasteiger partial charge >= 0.3 is 5.97 Å². The molecule has 0 atom stereocenters. The predicted octanol–water partition coefficient (Wildman–Crippen LogP) is 2.97. The van der Waals surface area contributed by atoms with Crippen LogP contribution in [-0.2, 0) is 9.59 Å². The molecule has 0 saturated carbocycles. The SMILES string of the molecule is CCCCCCC(=C=O)CCCC(=O)O. The smallest absolute Gasteiger partial charge is 0.303 e. The van der Waals surface area contributed by atoms with Gasteiger partial charge in [-0.2, -0.15) is 0 Å². The van der Waals surface area contributed by atoms with Crippen LogP contribution in [0.4, 0.5) is 0 Å². The lowest BCUT2D eigenvalue weighted by Crippen LogP contribution is -1.95. The second-order valence-electron chi connectivity index (χ2n) is 3.76. The highest BCUT2D eigenvalue weighted by Gasteiger charge is 2.02. The van der Waals surface area contributed by atoms with Crippen LogP contribution in [0, 0.1) is 0 Å². The monoisotopic (exact) mass is 212 g/mol. The lowest BCUT2D eigenvalue weighted by atomic mass is 10.0. The van der Waals surface area contributed by atoms with E-state index in [2.05, 4.69) is 6.92 Å². The molecule has 0 radical (unpaired) electrons. The maximum atomic E-state index is 10.5. The molecule has 0 aliphatic carbocycles. The van der Waals surface area contributed by atoms with Gasteiger partial charge in [-0.15, -0.1) is 0 Å². The normalized spacial score (nSPS) is 9.67. The lowest BCUT2D eigenvalue weighted by Gasteiger charge is -2.01. The molecule has 0 bridgehead atoms. The number of hydrogen-bond acceptors (Lipinski definition) is 2. The third-order valence-electron chi connectivity index (χ3n) is 2.35. The van der Waals surface area contributed by atoms with Gasteiger partial charge in [0.2, 0.25) is 0 Å². The quantitative estimate of drug-likeness (QED) is 0.472. The molecule has 0 aromatic heterocycles.